The lowest BCUT2D eigenvalue weighted by Gasteiger charge is -2.36. The van der Waals surface area contributed by atoms with E-state index < -0.39 is 10.0 Å². The van der Waals surface area contributed by atoms with Crippen molar-refractivity contribution in [3.63, 3.8) is 0 Å². The van der Waals surface area contributed by atoms with Gasteiger partial charge in [-0.05, 0) is 46.7 Å². The predicted octanol–water partition coefficient (Wildman–Crippen LogP) is 0.810. The molecule has 0 aromatic rings. The quantitative estimate of drug-likeness (QED) is 0.442. The maximum atomic E-state index is 12.5. The first-order valence-corrected chi connectivity index (χ1v) is 12.4. The van der Waals surface area contributed by atoms with E-state index in [1.807, 2.05) is 13.8 Å². The number of piperidine rings is 1. The van der Waals surface area contributed by atoms with Crippen LogP contribution in [0.2, 0.25) is 0 Å². The summed E-state index contributed by atoms with van der Waals surface area (Å²) < 4.78 is 32.0. The highest BCUT2D eigenvalue weighted by atomic mass is 32.2. The molecule has 0 radical (unpaired) electrons. The van der Waals surface area contributed by atoms with Crippen molar-refractivity contribution in [3.05, 3.63) is 0 Å². The van der Waals surface area contributed by atoms with Crippen molar-refractivity contribution in [1.29, 1.82) is 0 Å². The molecule has 0 bridgehead atoms. The van der Waals surface area contributed by atoms with Crippen LogP contribution in [0.3, 0.4) is 0 Å². The predicted molar refractivity (Wildman–Crippen MR) is 114 cm³/mol. The number of piperazine rings is 1. The largest absolute Gasteiger partial charge is 0.378 e. The molecule has 2 aliphatic heterocycles. The molecule has 0 aromatic heterocycles. The molecule has 9 heteroatoms. The minimum absolute atomic E-state index is 0.0508. The van der Waals surface area contributed by atoms with Crippen LogP contribution in [0.25, 0.3) is 0 Å². The molecule has 0 spiro atoms. The normalized spacial score (nSPS) is 20.7. The third-order valence-corrected chi connectivity index (χ3v) is 7.02. The molecular weight excluding hydrogens is 378 g/mol. The molecule has 2 rings (SSSR count). The van der Waals surface area contributed by atoms with Crippen molar-refractivity contribution in [1.82, 2.24) is 19.4 Å². The second-order valence-corrected chi connectivity index (χ2v) is 9.85. The van der Waals surface area contributed by atoms with E-state index in [1.54, 1.807) is 4.31 Å². The van der Waals surface area contributed by atoms with E-state index >= 15 is 0 Å². The van der Waals surface area contributed by atoms with E-state index in [4.69, 9.17) is 9.73 Å². The fraction of sp³-hybridized carbons (Fsp3) is 0.947. The summed E-state index contributed by atoms with van der Waals surface area (Å²) >= 11 is 0. The summed E-state index contributed by atoms with van der Waals surface area (Å²) in [5.74, 6) is 0.953. The molecule has 8 nitrogen and oxygen atoms in total. The molecular formula is C19H39N5O3S. The topological polar surface area (TPSA) is 77.5 Å². The van der Waals surface area contributed by atoms with Crippen molar-refractivity contribution in [2.75, 3.05) is 71.3 Å². The van der Waals surface area contributed by atoms with E-state index in [0.717, 1.165) is 25.6 Å². The van der Waals surface area contributed by atoms with Crippen LogP contribution in [0.4, 0.5) is 0 Å². The van der Waals surface area contributed by atoms with Crippen molar-refractivity contribution < 1.29 is 13.2 Å². The molecule has 0 saturated carbocycles. The van der Waals surface area contributed by atoms with Crippen LogP contribution in [0.15, 0.2) is 4.99 Å². The van der Waals surface area contributed by atoms with E-state index in [0.29, 0.717) is 26.2 Å². The second kappa shape index (κ2) is 11.9. The molecule has 2 aliphatic rings. The van der Waals surface area contributed by atoms with Crippen LogP contribution in [0, 0.1) is 0 Å². The van der Waals surface area contributed by atoms with Gasteiger partial charge >= 0.3 is 0 Å². The Kier molecular flexibility index (Phi) is 9.98. The number of aliphatic imine (C=N–C) groups is 1. The third-order valence-electron chi connectivity index (χ3n) is 5.19. The zero-order valence-corrected chi connectivity index (χ0v) is 18.7. The Morgan fingerprint density at radius 2 is 1.75 bits per heavy atom. The lowest BCUT2D eigenvalue weighted by Crippen LogP contribution is -2.54. The summed E-state index contributed by atoms with van der Waals surface area (Å²) in [4.78, 5) is 9.45. The Balaban J connectivity index is 1.81. The Morgan fingerprint density at radius 1 is 1.07 bits per heavy atom. The number of likely N-dealkylation sites (tertiary alicyclic amines) is 1. The smallest absolute Gasteiger partial charge is 0.216 e. The molecule has 0 aliphatic carbocycles. The maximum Gasteiger partial charge on any atom is 0.216 e. The molecule has 0 unspecified atom stereocenters. The molecule has 2 heterocycles. The first-order valence-electron chi connectivity index (χ1n) is 10.8. The van der Waals surface area contributed by atoms with Crippen molar-refractivity contribution in [3.8, 4) is 0 Å². The van der Waals surface area contributed by atoms with Gasteiger partial charge in [-0.2, -0.15) is 4.31 Å². The van der Waals surface area contributed by atoms with Crippen molar-refractivity contribution in [2.24, 2.45) is 4.99 Å². The standard InChI is InChI=1S/C19H39N5O3S/c1-4-20-19(21-8-11-22-9-6-5-7-10-22)23-12-14-24(15-13-23)28(25,26)17-16-27-18(2)3/h18H,4-17H2,1-3H3,(H,20,21). The minimum atomic E-state index is -3.26. The molecule has 0 amide bonds. The number of ether oxygens (including phenoxy) is 1. The number of hydrogen-bond donors (Lipinski definition) is 1. The highest BCUT2D eigenvalue weighted by Gasteiger charge is 2.28. The first kappa shape index (κ1) is 23.4. The highest BCUT2D eigenvalue weighted by molar-refractivity contribution is 7.89. The van der Waals surface area contributed by atoms with Gasteiger partial charge in [0.25, 0.3) is 0 Å². The number of sulfonamides is 1. The van der Waals surface area contributed by atoms with Gasteiger partial charge in [0.05, 0.1) is 25.0 Å². The minimum Gasteiger partial charge on any atom is -0.378 e. The van der Waals surface area contributed by atoms with Gasteiger partial charge in [-0.15, -0.1) is 0 Å². The van der Waals surface area contributed by atoms with Gasteiger partial charge in [0.15, 0.2) is 5.96 Å². The molecule has 0 atom stereocenters. The average molecular weight is 418 g/mol. The van der Waals surface area contributed by atoms with Gasteiger partial charge in [-0.1, -0.05) is 6.42 Å². The summed E-state index contributed by atoms with van der Waals surface area (Å²) in [6.07, 6.45) is 3.99. The van der Waals surface area contributed by atoms with E-state index in [2.05, 4.69) is 22.0 Å². The van der Waals surface area contributed by atoms with E-state index in [-0.39, 0.29) is 18.5 Å². The van der Waals surface area contributed by atoms with Crippen LogP contribution in [-0.2, 0) is 14.8 Å². The van der Waals surface area contributed by atoms with Crippen LogP contribution >= 0.6 is 0 Å². The van der Waals surface area contributed by atoms with Gasteiger partial charge < -0.3 is 19.9 Å². The van der Waals surface area contributed by atoms with Gasteiger partial charge in [0, 0.05) is 39.3 Å². The Hall–Kier alpha value is -0.900. The summed E-state index contributed by atoms with van der Waals surface area (Å²) in [5, 5.41) is 3.36. The summed E-state index contributed by atoms with van der Waals surface area (Å²) in [5.41, 5.74) is 0. The third kappa shape index (κ3) is 7.85. The number of rotatable bonds is 9. The number of nitrogens with zero attached hydrogens (tertiary/aromatic N) is 4. The first-order chi connectivity index (χ1) is 13.4. The Bertz CT molecular complexity index is 568. The zero-order valence-electron chi connectivity index (χ0n) is 17.9. The van der Waals surface area contributed by atoms with Crippen LogP contribution in [-0.4, -0.2) is 106 Å². The van der Waals surface area contributed by atoms with Gasteiger partial charge in [0.1, 0.15) is 0 Å². The molecule has 28 heavy (non-hydrogen) atoms. The van der Waals surface area contributed by atoms with E-state index in [9.17, 15) is 8.42 Å². The average Bonchev–Trinajstić information content (AvgIpc) is 2.68. The van der Waals surface area contributed by atoms with Crippen molar-refractivity contribution in [2.45, 2.75) is 46.1 Å². The van der Waals surface area contributed by atoms with Crippen LogP contribution in [0.1, 0.15) is 40.0 Å². The fourth-order valence-corrected chi connectivity index (χ4v) is 4.89. The maximum absolute atomic E-state index is 12.5. The summed E-state index contributed by atoms with van der Waals surface area (Å²) in [6, 6.07) is 0. The Labute approximate surface area is 171 Å². The SMILES string of the molecule is CCNC(=NCCN1CCCCC1)N1CCN(S(=O)(=O)CCOC(C)C)CC1. The van der Waals surface area contributed by atoms with E-state index in [1.165, 1.54) is 32.4 Å². The highest BCUT2D eigenvalue weighted by Crippen LogP contribution is 2.10. The fourth-order valence-electron chi connectivity index (χ4n) is 3.60. The van der Waals surface area contributed by atoms with Crippen molar-refractivity contribution >= 4 is 16.0 Å². The number of nitrogens with one attached hydrogen (secondary N) is 1. The Morgan fingerprint density at radius 3 is 2.36 bits per heavy atom. The van der Waals surface area contributed by atoms with Gasteiger partial charge in [-0.3, -0.25) is 4.99 Å². The van der Waals surface area contributed by atoms with Gasteiger partial charge in [0.2, 0.25) is 10.0 Å². The van der Waals surface area contributed by atoms with Crippen LogP contribution < -0.4 is 5.32 Å². The summed E-state index contributed by atoms with van der Waals surface area (Å²) in [7, 11) is -3.26. The lowest BCUT2D eigenvalue weighted by atomic mass is 10.1. The second-order valence-electron chi connectivity index (χ2n) is 7.76. The molecule has 1 N–H and O–H groups in total. The molecule has 0 aromatic carbocycles. The van der Waals surface area contributed by atoms with Crippen LogP contribution in [0.5, 0.6) is 0 Å². The number of guanidine groups is 1. The number of hydrogen-bond acceptors (Lipinski definition) is 5. The molecule has 164 valence electrons. The lowest BCUT2D eigenvalue weighted by molar-refractivity contribution is 0.0904. The van der Waals surface area contributed by atoms with Gasteiger partial charge in [-0.25, -0.2) is 8.42 Å². The monoisotopic (exact) mass is 417 g/mol. The zero-order chi connectivity index (χ0) is 20.4. The summed E-state index contributed by atoms with van der Waals surface area (Å²) in [6.45, 7) is 13.4. The molecule has 2 fully saturated rings. The molecule has 2 saturated heterocycles.